The summed E-state index contributed by atoms with van der Waals surface area (Å²) in [6, 6.07) is -3.36. The van der Waals surface area contributed by atoms with Crippen molar-refractivity contribution in [1.82, 2.24) is 16.0 Å². The van der Waals surface area contributed by atoms with Crippen molar-refractivity contribution >= 4 is 93.9 Å². The van der Waals surface area contributed by atoms with Crippen molar-refractivity contribution in [3.63, 3.8) is 0 Å². The molecule has 596 valence electrons. The van der Waals surface area contributed by atoms with Crippen molar-refractivity contribution in [2.75, 3.05) is 139 Å². The van der Waals surface area contributed by atoms with Gasteiger partial charge < -0.3 is 146 Å². The van der Waals surface area contributed by atoms with E-state index in [0.29, 0.717) is 64.2 Å². The number of aliphatic hydroxyl groups is 9. The van der Waals surface area contributed by atoms with Crippen molar-refractivity contribution in [3.8, 4) is 0 Å². The van der Waals surface area contributed by atoms with Crippen LogP contribution < -0.4 is 16.0 Å². The summed E-state index contributed by atoms with van der Waals surface area (Å²) in [6.07, 6.45) is -11.0. The van der Waals surface area contributed by atoms with Crippen molar-refractivity contribution in [2.24, 2.45) is 5.41 Å². The van der Waals surface area contributed by atoms with Gasteiger partial charge in [-0.15, -0.1) is 0 Å². The molecule has 101 heavy (non-hydrogen) atoms. The molecule has 3 saturated heterocycles. The molecule has 3 amide bonds. The predicted octanol–water partition coefficient (Wildman–Crippen LogP) is 1.25. The highest BCUT2D eigenvalue weighted by Gasteiger charge is 2.48. The van der Waals surface area contributed by atoms with Gasteiger partial charge in [-0.3, -0.25) is 14.4 Å². The van der Waals surface area contributed by atoms with E-state index in [1.807, 2.05) is 0 Å². The molecule has 13 N–H and O–H groups in total. The number of unbranched alkanes of at least 4 members (excludes halogenated alkanes) is 6. The maximum atomic E-state index is 13.1. The number of hydrogen-bond acceptors (Lipinski definition) is 33. The largest absolute Gasteiger partial charge is 0.394 e. The molecule has 0 bridgehead atoms. The molecule has 0 aromatic rings. The van der Waals surface area contributed by atoms with Gasteiger partial charge in [0.2, 0.25) is 17.7 Å². The number of nitrogens with one attached hydrogen (secondary N) is 3. The maximum absolute atomic E-state index is 13.1. The normalized spacial score (nSPS) is 28.6. The van der Waals surface area contributed by atoms with E-state index in [-0.39, 0.29) is 138 Å². The molecular weight excluding hydrogens is 1510 g/mol. The van der Waals surface area contributed by atoms with E-state index in [4.69, 9.17) is 79.0 Å². The molecule has 0 aromatic carbocycles. The van der Waals surface area contributed by atoms with Crippen LogP contribution in [0, 0.1) is 5.41 Å². The highest BCUT2D eigenvalue weighted by atomic mass is 32.7. The molecule has 0 aliphatic carbocycles. The summed E-state index contributed by atoms with van der Waals surface area (Å²) in [5.74, 6) is -1.53. The van der Waals surface area contributed by atoms with E-state index >= 15 is 0 Å². The Kier molecular flexibility index (Phi) is 48.1. The first-order chi connectivity index (χ1) is 47.8. The van der Waals surface area contributed by atoms with Crippen molar-refractivity contribution in [2.45, 2.75) is 196 Å². The van der Waals surface area contributed by atoms with Crippen LogP contribution in [-0.4, -0.2) is 299 Å². The molecule has 3 fully saturated rings. The maximum Gasteiger partial charge on any atom is 0.386 e. The van der Waals surface area contributed by atoms with Crippen LogP contribution in [0.5, 0.6) is 0 Å². The lowest BCUT2D eigenvalue weighted by Crippen LogP contribution is -2.64. The second-order valence-corrected chi connectivity index (χ2v) is 35.5. The Hall–Kier alpha value is -0.350. The van der Waals surface area contributed by atoms with Crippen LogP contribution in [0.1, 0.15) is 104 Å². The van der Waals surface area contributed by atoms with E-state index in [1.54, 1.807) is 0 Å². The number of hydrogen-bond donors (Lipinski definition) is 17. The summed E-state index contributed by atoms with van der Waals surface area (Å²) in [5.41, 5.74) is -1.02. The SMILES string of the molecule is CC(=O)NC1C(OCCCCOP(=O)(S)OCCCOCC(COCCCCCCOP(=O)(O)S)(COCCCOP(=O)(S)OCCCCOC2OC(CO)C(O)C(O)C2NC(C)=O)COCCCOP(=O)(S)OCCCCOC2OC(CO)C(O)C(O)C2NC(C)=O)OC(CO)C(O)C1O. The predicted molar refractivity (Wildman–Crippen MR) is 370 cm³/mol. The summed E-state index contributed by atoms with van der Waals surface area (Å²) >= 11 is 15.8. The summed E-state index contributed by atoms with van der Waals surface area (Å²) in [5, 5.41) is 98.6. The van der Waals surface area contributed by atoms with Crippen LogP contribution in [-0.2, 0) is 112 Å². The van der Waals surface area contributed by atoms with Gasteiger partial charge in [-0.05, 0) is 70.6 Å². The molecule has 37 nitrogen and oxygen atoms in total. The Morgan fingerprint density at radius 1 is 0.356 bits per heavy atom. The third-order valence-corrected chi connectivity index (χ3v) is 21.1. The third-order valence-electron chi connectivity index (χ3n) is 15.1. The van der Waals surface area contributed by atoms with Crippen LogP contribution in [0.25, 0.3) is 0 Å². The minimum atomic E-state index is -3.92. The van der Waals surface area contributed by atoms with Crippen molar-refractivity contribution < 1.29 is 163 Å². The second-order valence-electron chi connectivity index (χ2n) is 23.9. The lowest BCUT2D eigenvalue weighted by molar-refractivity contribution is -0.270. The molecule has 45 heteroatoms. The van der Waals surface area contributed by atoms with Crippen LogP contribution in [0.2, 0.25) is 0 Å². The first-order valence-electron chi connectivity index (χ1n) is 33.2. The molecule has 0 radical (unpaired) electrons. The molecule has 19 atom stereocenters. The number of ether oxygens (including phenoxy) is 10. The number of thiol groups is 4. The fourth-order valence-electron chi connectivity index (χ4n) is 9.97. The number of carbonyl (C=O) groups excluding carboxylic acids is 3. The molecule has 19 unspecified atom stereocenters. The molecule has 3 heterocycles. The molecule has 3 rings (SSSR count). The smallest absolute Gasteiger partial charge is 0.386 e. The Balaban J connectivity index is 1.59. The lowest BCUT2D eigenvalue weighted by Gasteiger charge is -2.42. The Labute approximate surface area is 609 Å². The van der Waals surface area contributed by atoms with E-state index in [2.05, 4.69) is 64.9 Å². The minimum absolute atomic E-state index is 0.0257. The first-order valence-corrected chi connectivity index (χ1v) is 44.0. The average Bonchev–Trinajstić information content (AvgIpc) is 0.821. The fraction of sp³-hybridized carbons (Fsp3) is 0.946. The molecule has 0 aromatic heterocycles. The molecular formula is C56H109N3O34P4S4. The fourth-order valence-corrected chi connectivity index (χ4v) is 14.4. The van der Waals surface area contributed by atoms with Crippen LogP contribution in [0.4, 0.5) is 0 Å². The highest BCUT2D eigenvalue weighted by Crippen LogP contribution is 2.55. The summed E-state index contributed by atoms with van der Waals surface area (Å²) < 4.78 is 147. The van der Waals surface area contributed by atoms with E-state index in [0.717, 1.165) is 0 Å². The van der Waals surface area contributed by atoms with Crippen molar-refractivity contribution in [3.05, 3.63) is 0 Å². The van der Waals surface area contributed by atoms with Crippen molar-refractivity contribution in [1.29, 1.82) is 0 Å². The monoisotopic (exact) mass is 1620 g/mol. The Bertz CT molecular complexity index is 2280. The number of rotatable bonds is 58. The van der Waals surface area contributed by atoms with E-state index < -0.39 is 162 Å². The molecule has 0 saturated carbocycles. The number of aliphatic hydroxyl groups excluding tert-OH is 9. The quantitative estimate of drug-likeness (QED) is 0.0231. The number of amides is 3. The topological polar surface area (TPSA) is 515 Å². The van der Waals surface area contributed by atoms with Crippen LogP contribution in [0.3, 0.4) is 0 Å². The molecule has 0 spiro atoms. The van der Waals surface area contributed by atoms with Gasteiger partial charge in [0.05, 0.1) is 97.9 Å². The average molecular weight is 1620 g/mol. The Morgan fingerprint density at radius 3 is 0.842 bits per heavy atom. The van der Waals surface area contributed by atoms with Gasteiger partial charge in [-0.2, -0.15) is 0 Å². The standard InChI is InChI=1S/C56H109N3O34P4S4/c1-38(63)57-44-50(69)47(66)41(31-60)91-53(44)81-21-8-11-25-85-95(74,99)88-28-14-18-78-35-56(34-77-17-6-4-5-7-24-84-94(72,73)98,36-79-19-15-29-89-96(75,100)86-26-12-9-22-82-54-45(58-39(2)64)51(70)48(67)42(32-61)92-54)37-80-20-16-30-90-97(76,101)87-27-13-10-23-83-55-46(59-40(3)65)52(71)49(68)43(33-62)93-55/h41-55,60-62,66-71H,4-37H2,1-3H3,(H,57,63)(H,58,64)(H,59,65)(H,74,99)(H,75,100)(H,76,101)(H2,72,73,98). The van der Waals surface area contributed by atoms with Gasteiger partial charge in [-0.1, -0.05) is 61.8 Å². The number of carbonyl (C=O) groups is 3. The molecule has 3 aliphatic heterocycles. The van der Waals surface area contributed by atoms with Gasteiger partial charge >= 0.3 is 27.2 Å². The highest BCUT2D eigenvalue weighted by molar-refractivity contribution is 8.45. The zero-order chi connectivity index (χ0) is 75.1. The van der Waals surface area contributed by atoms with Crippen LogP contribution >= 0.6 is 76.2 Å². The van der Waals surface area contributed by atoms with Gasteiger partial charge in [0.25, 0.3) is 0 Å². The molecule has 3 aliphatic rings. The summed E-state index contributed by atoms with van der Waals surface area (Å²) in [4.78, 5) is 44.6. The third kappa shape index (κ3) is 39.7. The lowest BCUT2D eigenvalue weighted by atomic mass is 9.92. The van der Waals surface area contributed by atoms with Gasteiger partial charge in [0.15, 0.2) is 18.9 Å². The van der Waals surface area contributed by atoms with Gasteiger partial charge in [0.1, 0.15) is 73.1 Å². The van der Waals surface area contributed by atoms with Crippen LogP contribution in [0.15, 0.2) is 0 Å². The van der Waals surface area contributed by atoms with Gasteiger partial charge in [0, 0.05) is 67.0 Å². The summed E-state index contributed by atoms with van der Waals surface area (Å²) in [7, 11) is 0. The second kappa shape index (κ2) is 51.2. The summed E-state index contributed by atoms with van der Waals surface area (Å²) in [6.45, 7) is -13.7. The first kappa shape index (κ1) is 94.9. The van der Waals surface area contributed by atoms with E-state index in [9.17, 15) is 83.5 Å². The Morgan fingerprint density at radius 2 is 0.584 bits per heavy atom. The zero-order valence-corrected chi connectivity index (χ0v) is 64.2. The zero-order valence-electron chi connectivity index (χ0n) is 57.0. The minimum Gasteiger partial charge on any atom is -0.394 e. The van der Waals surface area contributed by atoms with E-state index in [1.165, 1.54) is 20.8 Å². The van der Waals surface area contributed by atoms with Gasteiger partial charge in [-0.25, -0.2) is 18.3 Å².